The predicted molar refractivity (Wildman–Crippen MR) is 296 cm³/mol. The van der Waals surface area contributed by atoms with E-state index in [0.717, 1.165) is 77.0 Å². The molecule has 0 saturated carbocycles. The van der Waals surface area contributed by atoms with Gasteiger partial charge < -0.3 is 27.9 Å². The van der Waals surface area contributed by atoms with Crippen LogP contribution in [0, 0.1) is 0 Å². The Labute approximate surface area is 432 Å². The smallest absolute Gasteiger partial charge is 0.306 e. The minimum absolute atomic E-state index is 0.0291. The summed E-state index contributed by atoms with van der Waals surface area (Å²) in [7, 11) is 1.17. The summed E-state index contributed by atoms with van der Waals surface area (Å²) in [6.07, 6.45) is 66.5. The Balaban J connectivity index is 3.71. The highest BCUT2D eigenvalue weighted by Gasteiger charge is 2.21. The summed E-state index contributed by atoms with van der Waals surface area (Å²) in [4.78, 5) is 37.3. The average Bonchev–Trinajstić information content (AvgIpc) is 3.32. The average molecular weight is 1000 g/mol. The highest BCUT2D eigenvalue weighted by molar-refractivity contribution is 7.45. The second kappa shape index (κ2) is 51.6. The van der Waals surface area contributed by atoms with Crippen molar-refractivity contribution in [1.82, 2.24) is 0 Å². The van der Waals surface area contributed by atoms with Crippen molar-refractivity contribution in [3.8, 4) is 0 Å². The molecule has 10 heteroatoms. The molecular formula is C60H110NO8P. The highest BCUT2D eigenvalue weighted by Crippen LogP contribution is 2.38. The summed E-state index contributed by atoms with van der Waals surface area (Å²) in [6, 6.07) is 0. The van der Waals surface area contributed by atoms with E-state index >= 15 is 0 Å². The van der Waals surface area contributed by atoms with E-state index in [2.05, 4.69) is 74.6 Å². The highest BCUT2D eigenvalue weighted by atomic mass is 31.2. The first-order valence-electron chi connectivity index (χ1n) is 29.0. The van der Waals surface area contributed by atoms with Crippen LogP contribution in [-0.2, 0) is 32.7 Å². The number of rotatable bonds is 53. The molecule has 408 valence electrons. The number of hydrogen-bond acceptors (Lipinski definition) is 8. The summed E-state index contributed by atoms with van der Waals surface area (Å²) in [5, 5.41) is 0. The molecule has 0 bridgehead atoms. The van der Waals surface area contributed by atoms with Crippen LogP contribution in [0.4, 0.5) is 0 Å². The number of ether oxygens (including phenoxy) is 2. The number of hydrogen-bond donors (Lipinski definition) is 0. The summed E-state index contributed by atoms with van der Waals surface area (Å²) in [6.45, 7) is 4.04. The molecule has 0 radical (unpaired) electrons. The molecule has 2 unspecified atom stereocenters. The van der Waals surface area contributed by atoms with E-state index < -0.39 is 32.5 Å². The van der Waals surface area contributed by atoms with Gasteiger partial charge in [-0.25, -0.2) is 0 Å². The van der Waals surface area contributed by atoms with Crippen LogP contribution in [0.15, 0.2) is 60.8 Å². The maximum absolute atomic E-state index is 12.7. The Kier molecular flexibility index (Phi) is 49.9. The lowest BCUT2D eigenvalue weighted by atomic mass is 10.0. The van der Waals surface area contributed by atoms with Crippen molar-refractivity contribution in [2.24, 2.45) is 0 Å². The molecule has 0 fully saturated rings. The first-order valence-corrected chi connectivity index (χ1v) is 30.5. The molecule has 0 aliphatic carbocycles. The number of phosphoric acid groups is 1. The van der Waals surface area contributed by atoms with Gasteiger partial charge in [0.2, 0.25) is 0 Å². The number of nitrogens with zero attached hydrogens (tertiary/aromatic N) is 1. The molecule has 0 rings (SSSR count). The predicted octanol–water partition coefficient (Wildman–Crippen LogP) is 17.3. The first kappa shape index (κ1) is 67.7. The quantitative estimate of drug-likeness (QED) is 0.0195. The van der Waals surface area contributed by atoms with Crippen LogP contribution in [0.25, 0.3) is 0 Å². The lowest BCUT2D eigenvalue weighted by Gasteiger charge is -2.28. The number of carbonyl (C=O) groups is 2. The Morgan fingerprint density at radius 1 is 0.457 bits per heavy atom. The second-order valence-electron chi connectivity index (χ2n) is 20.6. The lowest BCUT2D eigenvalue weighted by molar-refractivity contribution is -0.870. The van der Waals surface area contributed by atoms with Gasteiger partial charge in [-0.15, -0.1) is 0 Å². The minimum atomic E-state index is -4.62. The van der Waals surface area contributed by atoms with Crippen molar-refractivity contribution in [2.45, 2.75) is 264 Å². The van der Waals surface area contributed by atoms with Crippen LogP contribution in [0.3, 0.4) is 0 Å². The van der Waals surface area contributed by atoms with Gasteiger partial charge >= 0.3 is 11.9 Å². The van der Waals surface area contributed by atoms with Gasteiger partial charge in [0.25, 0.3) is 7.82 Å². The van der Waals surface area contributed by atoms with Gasteiger partial charge in [-0.1, -0.05) is 248 Å². The maximum atomic E-state index is 12.7. The molecule has 70 heavy (non-hydrogen) atoms. The van der Waals surface area contributed by atoms with E-state index in [1.807, 2.05) is 21.1 Å². The monoisotopic (exact) mass is 1000 g/mol. The number of likely N-dealkylation sites (N-methyl/N-ethyl adjacent to an activating group) is 1. The molecule has 2 atom stereocenters. The number of quaternary nitrogens is 1. The molecule has 0 aromatic rings. The van der Waals surface area contributed by atoms with Crippen LogP contribution in [0.5, 0.6) is 0 Å². The van der Waals surface area contributed by atoms with Crippen LogP contribution in [-0.4, -0.2) is 70.0 Å². The Morgan fingerprint density at radius 2 is 0.814 bits per heavy atom. The SMILES string of the molecule is CC/C=C\C/C=C\C/C=C\C/C=C\C/C=C\CCCCCCCCCCCCCCCCCCCCCCCCCCCC(=O)OC(COC(=O)CCCCCCC)COP(=O)([O-])OCC[N+](C)(C)C. The second-order valence-corrected chi connectivity index (χ2v) is 22.0. The van der Waals surface area contributed by atoms with Crippen molar-refractivity contribution < 1.29 is 42.1 Å². The van der Waals surface area contributed by atoms with E-state index in [0.29, 0.717) is 17.4 Å². The third-order valence-electron chi connectivity index (χ3n) is 12.6. The van der Waals surface area contributed by atoms with Crippen molar-refractivity contribution in [3.05, 3.63) is 60.8 Å². The van der Waals surface area contributed by atoms with E-state index in [1.165, 1.54) is 148 Å². The number of phosphoric ester groups is 1. The fourth-order valence-corrected chi connectivity index (χ4v) is 8.82. The van der Waals surface area contributed by atoms with E-state index in [-0.39, 0.29) is 26.1 Å². The van der Waals surface area contributed by atoms with Gasteiger partial charge in [-0.2, -0.15) is 0 Å². The maximum Gasteiger partial charge on any atom is 0.306 e. The number of unbranched alkanes of at least 4 members (excludes halogenated alkanes) is 29. The zero-order valence-electron chi connectivity index (χ0n) is 46.2. The molecule has 0 aliphatic rings. The van der Waals surface area contributed by atoms with Crippen molar-refractivity contribution in [1.29, 1.82) is 0 Å². The Morgan fingerprint density at radius 3 is 1.21 bits per heavy atom. The van der Waals surface area contributed by atoms with Gasteiger partial charge in [-0.05, 0) is 57.8 Å². The van der Waals surface area contributed by atoms with Crippen molar-refractivity contribution >= 4 is 19.8 Å². The zero-order chi connectivity index (χ0) is 51.3. The number of carbonyl (C=O) groups excluding carboxylic acids is 2. The topological polar surface area (TPSA) is 111 Å². The van der Waals surface area contributed by atoms with Crippen LogP contribution in [0.1, 0.15) is 258 Å². The molecule has 0 amide bonds. The zero-order valence-corrected chi connectivity index (χ0v) is 47.1. The van der Waals surface area contributed by atoms with Crippen molar-refractivity contribution in [2.75, 3.05) is 47.5 Å². The van der Waals surface area contributed by atoms with E-state index in [9.17, 15) is 19.0 Å². The van der Waals surface area contributed by atoms with Gasteiger partial charge in [0.15, 0.2) is 6.10 Å². The van der Waals surface area contributed by atoms with Crippen molar-refractivity contribution in [3.63, 3.8) is 0 Å². The van der Waals surface area contributed by atoms with Crippen LogP contribution >= 0.6 is 7.82 Å². The normalized spacial score (nSPS) is 13.7. The van der Waals surface area contributed by atoms with E-state index in [1.54, 1.807) is 0 Å². The van der Waals surface area contributed by atoms with E-state index in [4.69, 9.17) is 18.5 Å². The molecular weight excluding hydrogens is 894 g/mol. The van der Waals surface area contributed by atoms with Crippen LogP contribution < -0.4 is 4.89 Å². The molecule has 0 heterocycles. The Bertz CT molecular complexity index is 1370. The van der Waals surface area contributed by atoms with Gasteiger partial charge in [0.1, 0.15) is 19.8 Å². The number of allylic oxidation sites excluding steroid dienone is 10. The standard InChI is InChI=1S/C60H110NO8P/c1-6-8-10-12-13-14-15-16-17-18-19-20-21-22-23-24-25-26-27-28-29-30-31-32-33-34-35-36-37-38-39-40-41-42-43-44-45-46-47-49-51-53-60(63)69-58(56-66-59(62)52-50-48-11-9-7-2)57-68-70(64,65)67-55-54-61(3,4)5/h8,10,13-14,16-17,19-20,22-23,58H,6-7,9,11-12,15,18,21,24-57H2,1-5H3/b10-8-,14-13-,17-16-,20-19-,23-22-. The summed E-state index contributed by atoms with van der Waals surface area (Å²) in [5.74, 6) is -0.839. The fourth-order valence-electron chi connectivity index (χ4n) is 8.10. The Hall–Kier alpha value is -2.29. The largest absolute Gasteiger partial charge is 0.756 e. The third-order valence-corrected chi connectivity index (χ3v) is 13.5. The summed E-state index contributed by atoms with van der Waals surface area (Å²) >= 11 is 0. The molecule has 0 spiro atoms. The molecule has 0 aromatic carbocycles. The molecule has 0 N–H and O–H groups in total. The van der Waals surface area contributed by atoms with Gasteiger partial charge in [0, 0.05) is 12.8 Å². The molecule has 0 saturated heterocycles. The lowest BCUT2D eigenvalue weighted by Crippen LogP contribution is -2.37. The molecule has 0 aromatic heterocycles. The molecule has 0 aliphatic heterocycles. The first-order chi connectivity index (χ1) is 34.0. The molecule has 9 nitrogen and oxygen atoms in total. The van der Waals surface area contributed by atoms with Crippen LogP contribution in [0.2, 0.25) is 0 Å². The number of esters is 2. The third kappa shape index (κ3) is 55.0. The van der Waals surface area contributed by atoms with Gasteiger partial charge in [0.05, 0.1) is 27.7 Å². The minimum Gasteiger partial charge on any atom is -0.756 e. The fraction of sp³-hybridized carbons (Fsp3) is 0.800. The summed E-state index contributed by atoms with van der Waals surface area (Å²) in [5.41, 5.74) is 0. The summed E-state index contributed by atoms with van der Waals surface area (Å²) < 4.78 is 33.8. The van der Waals surface area contributed by atoms with Gasteiger partial charge in [-0.3, -0.25) is 14.2 Å².